The third kappa shape index (κ3) is 3.45. The summed E-state index contributed by atoms with van der Waals surface area (Å²) in [6.07, 6.45) is -4.62. The van der Waals surface area contributed by atoms with Crippen LogP contribution in [0.3, 0.4) is 0 Å². The van der Waals surface area contributed by atoms with Gasteiger partial charge in [-0.1, -0.05) is 22.9 Å². The van der Waals surface area contributed by atoms with Crippen LogP contribution in [0, 0.1) is 6.92 Å². The largest absolute Gasteiger partial charge is 0.417 e. The van der Waals surface area contributed by atoms with Crippen molar-refractivity contribution in [2.75, 3.05) is 5.32 Å². The molecule has 0 aliphatic carbocycles. The van der Waals surface area contributed by atoms with Gasteiger partial charge in [0.2, 0.25) is 0 Å². The van der Waals surface area contributed by atoms with Gasteiger partial charge in [0.15, 0.2) is 0 Å². The molecule has 2 N–H and O–H groups in total. The fourth-order valence-corrected chi connectivity index (χ4v) is 2.59. The lowest BCUT2D eigenvalue weighted by Gasteiger charge is -2.11. The molecule has 1 aromatic heterocycles. The highest BCUT2D eigenvalue weighted by atomic mass is 35.5. The lowest BCUT2D eigenvalue weighted by atomic mass is 10.2. The summed E-state index contributed by atoms with van der Waals surface area (Å²) in [4.78, 5) is 25.2. The van der Waals surface area contributed by atoms with Crippen molar-refractivity contribution in [3.05, 3.63) is 49.0 Å². The maximum Gasteiger partial charge on any atom is 0.417 e. The van der Waals surface area contributed by atoms with Crippen LogP contribution in [0.1, 0.15) is 20.9 Å². The number of alkyl halides is 3. The fraction of sp³-hybridized carbons (Fsp3) is 0.167. The van der Waals surface area contributed by atoms with E-state index in [9.17, 15) is 22.8 Å². The van der Waals surface area contributed by atoms with Gasteiger partial charge in [-0.3, -0.25) is 9.59 Å². The second-order valence-electron chi connectivity index (χ2n) is 4.12. The Morgan fingerprint density at radius 3 is 2.57 bits per heavy atom. The second-order valence-corrected chi connectivity index (χ2v) is 5.51. The molecular formula is C12H8ClF3N2O2S. The molecule has 1 heterocycles. The predicted molar refractivity (Wildman–Crippen MR) is 74.1 cm³/mol. The monoisotopic (exact) mass is 336 g/mol. The molecule has 2 rings (SSSR count). The first-order valence-electron chi connectivity index (χ1n) is 5.56. The molecule has 0 saturated heterocycles. The summed E-state index contributed by atoms with van der Waals surface area (Å²) < 4.78 is 38.1. The van der Waals surface area contributed by atoms with Crippen LogP contribution in [0.5, 0.6) is 0 Å². The molecule has 0 aliphatic heterocycles. The number of H-pyrrole nitrogens is 1. The number of amides is 1. The minimum Gasteiger partial charge on any atom is -0.321 e. The van der Waals surface area contributed by atoms with E-state index in [2.05, 4.69) is 10.3 Å². The first-order valence-corrected chi connectivity index (χ1v) is 6.75. The first kappa shape index (κ1) is 15.6. The van der Waals surface area contributed by atoms with E-state index in [0.717, 1.165) is 12.1 Å². The van der Waals surface area contributed by atoms with Crippen molar-refractivity contribution in [2.24, 2.45) is 0 Å². The number of nitrogens with one attached hydrogen (secondary N) is 2. The minimum absolute atomic E-state index is 0.0584. The van der Waals surface area contributed by atoms with E-state index < -0.39 is 27.5 Å². The van der Waals surface area contributed by atoms with Gasteiger partial charge < -0.3 is 10.3 Å². The van der Waals surface area contributed by atoms with E-state index in [1.807, 2.05) is 0 Å². The van der Waals surface area contributed by atoms with Crippen molar-refractivity contribution in [3.8, 4) is 0 Å². The summed E-state index contributed by atoms with van der Waals surface area (Å²) >= 11 is 6.17. The number of hydrogen-bond donors (Lipinski definition) is 2. The molecule has 1 amide bonds. The number of anilines is 1. The molecule has 9 heteroatoms. The number of benzene rings is 1. The Kier molecular flexibility index (Phi) is 4.11. The molecule has 1 aromatic carbocycles. The molecule has 0 unspecified atom stereocenters. The topological polar surface area (TPSA) is 62.0 Å². The number of carbonyl (C=O) groups is 1. The fourth-order valence-electron chi connectivity index (χ4n) is 1.63. The average Bonchev–Trinajstić information content (AvgIpc) is 2.69. The first-order chi connectivity index (χ1) is 9.68. The van der Waals surface area contributed by atoms with Crippen molar-refractivity contribution in [2.45, 2.75) is 13.1 Å². The van der Waals surface area contributed by atoms with Gasteiger partial charge in [-0.05, 0) is 25.1 Å². The smallest absolute Gasteiger partial charge is 0.321 e. The van der Waals surface area contributed by atoms with E-state index in [0.29, 0.717) is 17.0 Å². The number of thiazole rings is 1. The molecule has 0 spiro atoms. The Balaban J connectivity index is 2.30. The Hall–Kier alpha value is -1.80. The summed E-state index contributed by atoms with van der Waals surface area (Å²) in [5.74, 6) is -0.661. The Bertz CT molecular complexity index is 752. The van der Waals surface area contributed by atoms with Crippen LogP contribution >= 0.6 is 22.9 Å². The number of halogens is 4. The van der Waals surface area contributed by atoms with Crippen molar-refractivity contribution in [1.29, 1.82) is 0 Å². The van der Waals surface area contributed by atoms with E-state index in [-0.39, 0.29) is 10.6 Å². The maximum atomic E-state index is 12.7. The van der Waals surface area contributed by atoms with Gasteiger partial charge in [-0.25, -0.2) is 0 Å². The van der Waals surface area contributed by atoms with Crippen LogP contribution in [0.4, 0.5) is 18.9 Å². The van der Waals surface area contributed by atoms with Gasteiger partial charge in [0.1, 0.15) is 4.88 Å². The van der Waals surface area contributed by atoms with Gasteiger partial charge in [0.25, 0.3) is 5.91 Å². The highest BCUT2D eigenvalue weighted by Gasteiger charge is 2.33. The van der Waals surface area contributed by atoms with Crippen LogP contribution in [0.25, 0.3) is 0 Å². The highest BCUT2D eigenvalue weighted by molar-refractivity contribution is 7.11. The summed E-state index contributed by atoms with van der Waals surface area (Å²) in [6.45, 7) is 1.52. The van der Waals surface area contributed by atoms with Gasteiger partial charge in [0, 0.05) is 11.4 Å². The standard InChI is InChI=1S/C12H8ClF3N2O2S/c1-5-9(21-11(20)17-5)10(19)18-6-2-3-8(13)7(4-6)12(14,15)16/h2-4H,1H3,(H,17,20)(H,18,19). The quantitative estimate of drug-likeness (QED) is 0.879. The van der Waals surface area contributed by atoms with E-state index in [4.69, 9.17) is 11.6 Å². The summed E-state index contributed by atoms with van der Waals surface area (Å²) in [6, 6.07) is 3.04. The Morgan fingerprint density at radius 2 is 2.05 bits per heavy atom. The second kappa shape index (κ2) is 5.53. The van der Waals surface area contributed by atoms with Crippen LogP contribution < -0.4 is 10.2 Å². The highest BCUT2D eigenvalue weighted by Crippen LogP contribution is 2.36. The van der Waals surface area contributed by atoms with Crippen LogP contribution in [-0.4, -0.2) is 10.9 Å². The molecule has 112 valence electrons. The van der Waals surface area contributed by atoms with E-state index in [1.165, 1.54) is 13.0 Å². The van der Waals surface area contributed by atoms with Crippen molar-refractivity contribution >= 4 is 34.5 Å². The van der Waals surface area contributed by atoms with Crippen molar-refractivity contribution < 1.29 is 18.0 Å². The van der Waals surface area contributed by atoms with Gasteiger partial charge in [-0.2, -0.15) is 13.2 Å². The SMILES string of the molecule is Cc1[nH]c(=O)sc1C(=O)Nc1ccc(Cl)c(C(F)(F)F)c1. The predicted octanol–water partition coefficient (Wildman–Crippen LogP) is 3.67. The molecule has 4 nitrogen and oxygen atoms in total. The van der Waals surface area contributed by atoms with Crippen molar-refractivity contribution in [1.82, 2.24) is 4.98 Å². The van der Waals surface area contributed by atoms with E-state index >= 15 is 0 Å². The number of aromatic nitrogens is 1. The zero-order valence-electron chi connectivity index (χ0n) is 10.5. The number of aromatic amines is 1. The van der Waals surface area contributed by atoms with Crippen molar-refractivity contribution in [3.63, 3.8) is 0 Å². The number of hydrogen-bond acceptors (Lipinski definition) is 3. The molecule has 0 fully saturated rings. The van der Waals surface area contributed by atoms with Crippen LogP contribution in [0.15, 0.2) is 23.0 Å². The summed E-state index contributed by atoms with van der Waals surface area (Å²) in [5, 5.41) is 1.85. The third-order valence-electron chi connectivity index (χ3n) is 2.56. The van der Waals surface area contributed by atoms with Gasteiger partial charge in [-0.15, -0.1) is 0 Å². The third-order valence-corrected chi connectivity index (χ3v) is 3.87. The molecule has 0 aliphatic rings. The number of carbonyl (C=O) groups excluding carboxylic acids is 1. The minimum atomic E-state index is -4.62. The molecule has 0 radical (unpaired) electrons. The molecule has 0 atom stereocenters. The summed E-state index contributed by atoms with van der Waals surface area (Å²) in [5.41, 5.74) is -0.745. The zero-order valence-corrected chi connectivity index (χ0v) is 12.0. The van der Waals surface area contributed by atoms with Crippen LogP contribution in [-0.2, 0) is 6.18 Å². The lowest BCUT2D eigenvalue weighted by molar-refractivity contribution is -0.137. The van der Waals surface area contributed by atoms with Crippen LogP contribution in [0.2, 0.25) is 5.02 Å². The summed E-state index contributed by atoms with van der Waals surface area (Å²) in [7, 11) is 0. The molecule has 0 saturated carbocycles. The zero-order chi connectivity index (χ0) is 15.8. The Labute approximate surface area is 125 Å². The molecular weight excluding hydrogens is 329 g/mol. The lowest BCUT2D eigenvalue weighted by Crippen LogP contribution is -2.13. The normalized spacial score (nSPS) is 11.5. The average molecular weight is 337 g/mol. The number of aryl methyl sites for hydroxylation is 1. The molecule has 0 bridgehead atoms. The van der Waals surface area contributed by atoms with E-state index in [1.54, 1.807) is 0 Å². The molecule has 2 aromatic rings. The van der Waals surface area contributed by atoms with Gasteiger partial charge in [0.05, 0.1) is 10.6 Å². The Morgan fingerprint density at radius 1 is 1.38 bits per heavy atom. The van der Waals surface area contributed by atoms with Gasteiger partial charge >= 0.3 is 11.0 Å². The maximum absolute atomic E-state index is 12.7. The number of rotatable bonds is 2. The molecule has 21 heavy (non-hydrogen) atoms.